The van der Waals surface area contributed by atoms with Gasteiger partial charge in [-0.3, -0.25) is 4.79 Å². The lowest BCUT2D eigenvalue weighted by atomic mass is 9.88. The normalized spacial score (nSPS) is 17.4. The highest BCUT2D eigenvalue weighted by molar-refractivity contribution is 6.06. The highest BCUT2D eigenvalue weighted by atomic mass is 16.5. The number of para-hydroxylation sites is 1. The average Bonchev–Trinajstić information content (AvgIpc) is 2.77. The van der Waals surface area contributed by atoms with Crippen LogP contribution >= 0.6 is 0 Å². The number of fused-ring (bicyclic) bond motifs is 1. The third-order valence-electron chi connectivity index (χ3n) is 3.41. The summed E-state index contributed by atoms with van der Waals surface area (Å²) in [5.74, 6) is -0.0272. The number of rotatable bonds is 3. The first-order valence-electron chi connectivity index (χ1n) is 6.10. The van der Waals surface area contributed by atoms with Crippen molar-refractivity contribution in [2.24, 2.45) is 5.41 Å². The molecule has 1 aliphatic heterocycles. The summed E-state index contributed by atoms with van der Waals surface area (Å²) in [4.78, 5) is 15.2. The molecule has 1 aromatic heterocycles. The number of aromatic amines is 1. The van der Waals surface area contributed by atoms with E-state index in [2.05, 4.69) is 17.2 Å². The van der Waals surface area contributed by atoms with E-state index in [4.69, 9.17) is 4.74 Å². The standard InChI is InChI=1S/C14H16N2O2/c1-14(8-18-9-14)7-16-13(17)11-6-15-12-5-3-2-4-10(11)12/h2-6,15H,7-9H2,1H3,(H,16,17). The SMILES string of the molecule is CC1(CNC(=O)c2c[nH]c3ccccc23)COC1. The first kappa shape index (κ1) is 11.3. The zero-order chi connectivity index (χ0) is 12.6. The molecule has 1 amide bonds. The van der Waals surface area contributed by atoms with Gasteiger partial charge in [-0.25, -0.2) is 0 Å². The summed E-state index contributed by atoms with van der Waals surface area (Å²) in [5, 5.41) is 3.94. The monoisotopic (exact) mass is 244 g/mol. The number of ether oxygens (including phenoxy) is 1. The third kappa shape index (κ3) is 1.88. The van der Waals surface area contributed by atoms with Gasteiger partial charge in [-0.2, -0.15) is 0 Å². The van der Waals surface area contributed by atoms with Crippen molar-refractivity contribution >= 4 is 16.8 Å². The van der Waals surface area contributed by atoms with Crippen molar-refractivity contribution in [2.75, 3.05) is 19.8 Å². The number of amides is 1. The van der Waals surface area contributed by atoms with E-state index in [1.807, 2.05) is 24.3 Å². The molecule has 0 spiro atoms. The molecule has 0 unspecified atom stereocenters. The Kier molecular flexibility index (Phi) is 2.59. The van der Waals surface area contributed by atoms with Gasteiger partial charge in [0.25, 0.3) is 5.91 Å². The maximum atomic E-state index is 12.1. The van der Waals surface area contributed by atoms with Gasteiger partial charge in [-0.1, -0.05) is 25.1 Å². The van der Waals surface area contributed by atoms with Crippen molar-refractivity contribution in [1.82, 2.24) is 10.3 Å². The Morgan fingerprint density at radius 3 is 2.94 bits per heavy atom. The van der Waals surface area contributed by atoms with Crippen LogP contribution in [0.25, 0.3) is 10.9 Å². The summed E-state index contributed by atoms with van der Waals surface area (Å²) < 4.78 is 5.17. The molecule has 0 atom stereocenters. The minimum absolute atomic E-state index is 0.0272. The van der Waals surface area contributed by atoms with Crippen LogP contribution in [-0.2, 0) is 4.74 Å². The van der Waals surface area contributed by atoms with Gasteiger partial charge in [0.05, 0.1) is 18.8 Å². The van der Waals surface area contributed by atoms with E-state index in [0.717, 1.165) is 24.1 Å². The maximum absolute atomic E-state index is 12.1. The lowest BCUT2D eigenvalue weighted by Crippen LogP contribution is -2.48. The molecule has 2 heterocycles. The number of aromatic nitrogens is 1. The van der Waals surface area contributed by atoms with Crippen LogP contribution in [0.3, 0.4) is 0 Å². The van der Waals surface area contributed by atoms with E-state index in [1.165, 1.54) is 0 Å². The summed E-state index contributed by atoms with van der Waals surface area (Å²) in [6.45, 7) is 4.22. The minimum atomic E-state index is -0.0272. The summed E-state index contributed by atoms with van der Waals surface area (Å²) in [5.41, 5.74) is 1.79. The highest BCUT2D eigenvalue weighted by Crippen LogP contribution is 2.25. The molecule has 1 fully saturated rings. The highest BCUT2D eigenvalue weighted by Gasteiger charge is 2.33. The summed E-state index contributed by atoms with van der Waals surface area (Å²) >= 11 is 0. The van der Waals surface area contributed by atoms with Gasteiger partial charge in [-0.05, 0) is 6.07 Å². The molecule has 1 aliphatic rings. The zero-order valence-electron chi connectivity index (χ0n) is 10.3. The molecule has 18 heavy (non-hydrogen) atoms. The Balaban J connectivity index is 1.75. The Bertz CT molecular complexity index is 584. The second kappa shape index (κ2) is 4.14. The van der Waals surface area contributed by atoms with E-state index in [9.17, 15) is 4.79 Å². The predicted octanol–water partition coefficient (Wildman–Crippen LogP) is 1.93. The van der Waals surface area contributed by atoms with E-state index < -0.39 is 0 Å². The Labute approximate surface area is 105 Å². The Morgan fingerprint density at radius 1 is 1.44 bits per heavy atom. The van der Waals surface area contributed by atoms with Crippen molar-refractivity contribution < 1.29 is 9.53 Å². The number of H-pyrrole nitrogens is 1. The van der Waals surface area contributed by atoms with E-state index in [1.54, 1.807) is 6.20 Å². The average molecular weight is 244 g/mol. The van der Waals surface area contributed by atoms with Gasteiger partial charge in [0.1, 0.15) is 0 Å². The number of nitrogens with one attached hydrogen (secondary N) is 2. The Morgan fingerprint density at radius 2 is 2.22 bits per heavy atom. The largest absolute Gasteiger partial charge is 0.380 e. The van der Waals surface area contributed by atoms with Crippen LogP contribution in [0.15, 0.2) is 30.5 Å². The molecule has 1 saturated heterocycles. The Hall–Kier alpha value is -1.81. The number of carbonyl (C=O) groups is 1. The summed E-state index contributed by atoms with van der Waals surface area (Å²) in [6.07, 6.45) is 1.76. The molecule has 94 valence electrons. The smallest absolute Gasteiger partial charge is 0.253 e. The van der Waals surface area contributed by atoms with Crippen molar-refractivity contribution in [1.29, 1.82) is 0 Å². The molecule has 0 bridgehead atoms. The molecular weight excluding hydrogens is 228 g/mol. The van der Waals surface area contributed by atoms with Gasteiger partial charge in [0.2, 0.25) is 0 Å². The van der Waals surface area contributed by atoms with Crippen molar-refractivity contribution in [3.63, 3.8) is 0 Å². The van der Waals surface area contributed by atoms with Gasteiger partial charge in [-0.15, -0.1) is 0 Å². The van der Waals surface area contributed by atoms with Crippen LogP contribution in [0.2, 0.25) is 0 Å². The van der Waals surface area contributed by atoms with Crippen molar-refractivity contribution in [3.05, 3.63) is 36.0 Å². The van der Waals surface area contributed by atoms with Gasteiger partial charge < -0.3 is 15.0 Å². The lowest BCUT2D eigenvalue weighted by Gasteiger charge is -2.37. The molecule has 2 N–H and O–H groups in total. The van der Waals surface area contributed by atoms with Crippen LogP contribution in [0, 0.1) is 5.41 Å². The first-order chi connectivity index (χ1) is 8.68. The summed E-state index contributed by atoms with van der Waals surface area (Å²) in [6, 6.07) is 7.81. The first-order valence-corrected chi connectivity index (χ1v) is 6.10. The zero-order valence-corrected chi connectivity index (χ0v) is 10.3. The topological polar surface area (TPSA) is 54.1 Å². The predicted molar refractivity (Wildman–Crippen MR) is 69.6 cm³/mol. The quantitative estimate of drug-likeness (QED) is 0.866. The fourth-order valence-corrected chi connectivity index (χ4v) is 2.20. The molecule has 2 aromatic rings. The minimum Gasteiger partial charge on any atom is -0.380 e. The van der Waals surface area contributed by atoms with E-state index in [0.29, 0.717) is 12.1 Å². The van der Waals surface area contributed by atoms with Crippen LogP contribution in [0.1, 0.15) is 17.3 Å². The van der Waals surface area contributed by atoms with Gasteiger partial charge in [0.15, 0.2) is 0 Å². The van der Waals surface area contributed by atoms with E-state index >= 15 is 0 Å². The third-order valence-corrected chi connectivity index (χ3v) is 3.41. The molecule has 1 aromatic carbocycles. The molecule has 4 heteroatoms. The molecule has 4 nitrogen and oxygen atoms in total. The van der Waals surface area contributed by atoms with Crippen LogP contribution in [0.4, 0.5) is 0 Å². The molecule has 0 saturated carbocycles. The molecular formula is C14H16N2O2. The number of hydrogen-bond acceptors (Lipinski definition) is 2. The molecule has 3 rings (SSSR count). The van der Waals surface area contributed by atoms with Crippen molar-refractivity contribution in [3.8, 4) is 0 Å². The maximum Gasteiger partial charge on any atom is 0.253 e. The molecule has 0 radical (unpaired) electrons. The number of carbonyl (C=O) groups excluding carboxylic acids is 1. The van der Waals surface area contributed by atoms with Gasteiger partial charge >= 0.3 is 0 Å². The lowest BCUT2D eigenvalue weighted by molar-refractivity contribution is -0.0978. The number of benzene rings is 1. The van der Waals surface area contributed by atoms with Crippen LogP contribution < -0.4 is 5.32 Å². The second-order valence-electron chi connectivity index (χ2n) is 5.23. The fourth-order valence-electron chi connectivity index (χ4n) is 2.20. The van der Waals surface area contributed by atoms with Crippen molar-refractivity contribution in [2.45, 2.75) is 6.92 Å². The fraction of sp³-hybridized carbons (Fsp3) is 0.357. The van der Waals surface area contributed by atoms with E-state index in [-0.39, 0.29) is 11.3 Å². The van der Waals surface area contributed by atoms with Gasteiger partial charge in [0, 0.05) is 29.1 Å². The summed E-state index contributed by atoms with van der Waals surface area (Å²) in [7, 11) is 0. The second-order valence-corrected chi connectivity index (χ2v) is 5.23. The number of hydrogen-bond donors (Lipinski definition) is 2. The van der Waals surface area contributed by atoms with Crippen LogP contribution in [0.5, 0.6) is 0 Å². The molecule has 0 aliphatic carbocycles. The van der Waals surface area contributed by atoms with Crippen LogP contribution in [-0.4, -0.2) is 30.6 Å².